The molecule has 1 aliphatic rings. The molecule has 0 bridgehead atoms. The van der Waals surface area contributed by atoms with Crippen molar-refractivity contribution >= 4 is 38.4 Å². The average molecular weight is 565 g/mol. The maximum atomic E-state index is 13.9. The third-order valence-corrected chi connectivity index (χ3v) is 7.52. The highest BCUT2D eigenvalue weighted by atomic mass is 32.1. The Morgan fingerprint density at radius 3 is 2.65 bits per heavy atom. The number of furan rings is 1. The molecule has 1 atom stereocenters. The number of aliphatic hydroxyl groups excluding tert-OH is 1. The van der Waals surface area contributed by atoms with Gasteiger partial charge in [0.2, 0.25) is 5.78 Å². The zero-order chi connectivity index (χ0) is 28.6. The lowest BCUT2D eigenvalue weighted by molar-refractivity contribution is -0.117. The van der Waals surface area contributed by atoms with Gasteiger partial charge in [0, 0.05) is 0 Å². The number of amides is 1. The summed E-state index contributed by atoms with van der Waals surface area (Å²) in [5.74, 6) is -0.645. The van der Waals surface area contributed by atoms with Crippen molar-refractivity contribution in [2.75, 3.05) is 18.1 Å². The second-order valence-corrected chi connectivity index (χ2v) is 10.9. The van der Waals surface area contributed by atoms with Gasteiger partial charge in [-0.2, -0.15) is 0 Å². The summed E-state index contributed by atoms with van der Waals surface area (Å²) in [4.78, 5) is 33.0. The quantitative estimate of drug-likeness (QED) is 0.208. The topological polar surface area (TPSA) is 102 Å². The van der Waals surface area contributed by atoms with Crippen LogP contribution >= 0.6 is 11.3 Å². The monoisotopic (exact) mass is 564 g/mol. The minimum Gasteiger partial charge on any atom is -0.503 e. The van der Waals surface area contributed by atoms with Gasteiger partial charge in [0.1, 0.15) is 11.6 Å². The maximum absolute atomic E-state index is 13.9. The number of anilines is 1. The molecule has 1 amide bonds. The molecule has 0 saturated heterocycles. The minimum atomic E-state index is -1.06. The van der Waals surface area contributed by atoms with E-state index in [4.69, 9.17) is 13.9 Å². The fourth-order valence-electron chi connectivity index (χ4n) is 4.52. The number of carbonyl (C=O) groups excluding carboxylic acids is 2. The number of Topliss-reactive ketones (excluding diaryl/α,β-unsaturated/α-hetero) is 1. The third-order valence-electron chi connectivity index (χ3n) is 6.50. The Morgan fingerprint density at radius 2 is 1.95 bits per heavy atom. The number of carbonyl (C=O) groups is 2. The molecular weight excluding hydrogens is 535 g/mol. The van der Waals surface area contributed by atoms with Gasteiger partial charge in [0.25, 0.3) is 5.91 Å². The molecule has 0 aliphatic carbocycles. The summed E-state index contributed by atoms with van der Waals surface area (Å²) in [7, 11) is 0. The molecule has 10 heteroatoms. The Morgan fingerprint density at radius 1 is 1.15 bits per heavy atom. The van der Waals surface area contributed by atoms with Crippen molar-refractivity contribution in [3.05, 3.63) is 82.8 Å². The summed E-state index contributed by atoms with van der Waals surface area (Å²) in [5, 5.41) is 11.3. The smallest absolute Gasteiger partial charge is 0.296 e. The number of nitrogens with zero attached hydrogens (tertiary/aromatic N) is 2. The number of aliphatic hydroxyl groups is 1. The first kappa shape index (κ1) is 27.4. The van der Waals surface area contributed by atoms with E-state index in [1.165, 1.54) is 29.2 Å². The Kier molecular flexibility index (Phi) is 7.62. The average Bonchev–Trinajstić information content (AvgIpc) is 3.60. The molecule has 1 aliphatic heterocycles. The summed E-state index contributed by atoms with van der Waals surface area (Å²) in [5.41, 5.74) is 0.826. The fourth-order valence-corrected chi connectivity index (χ4v) is 5.53. The zero-order valence-electron chi connectivity index (χ0n) is 22.6. The molecule has 0 fully saturated rings. The molecule has 40 heavy (non-hydrogen) atoms. The number of ketones is 1. The van der Waals surface area contributed by atoms with Crippen LogP contribution in [0, 0.1) is 18.7 Å². The molecule has 4 aromatic rings. The van der Waals surface area contributed by atoms with Crippen molar-refractivity contribution in [1.82, 2.24) is 4.98 Å². The molecule has 0 spiro atoms. The number of hydrogen-bond acceptors (Lipinski definition) is 8. The van der Waals surface area contributed by atoms with Gasteiger partial charge in [0.15, 0.2) is 28.1 Å². The van der Waals surface area contributed by atoms with E-state index in [-0.39, 0.29) is 16.5 Å². The van der Waals surface area contributed by atoms with Gasteiger partial charge >= 0.3 is 0 Å². The highest BCUT2D eigenvalue weighted by Gasteiger charge is 2.46. The lowest BCUT2D eigenvalue weighted by Gasteiger charge is -2.25. The molecule has 208 valence electrons. The number of rotatable bonds is 10. The minimum absolute atomic E-state index is 0.0104. The number of halogens is 1. The van der Waals surface area contributed by atoms with Crippen molar-refractivity contribution in [1.29, 1.82) is 0 Å². The van der Waals surface area contributed by atoms with Crippen LogP contribution in [0.15, 0.2) is 64.3 Å². The van der Waals surface area contributed by atoms with E-state index in [2.05, 4.69) is 18.8 Å². The number of benzene rings is 2. The molecule has 8 nitrogen and oxygen atoms in total. The summed E-state index contributed by atoms with van der Waals surface area (Å²) < 4.78 is 31.8. The van der Waals surface area contributed by atoms with Crippen molar-refractivity contribution in [3.8, 4) is 11.5 Å². The second-order valence-electron chi connectivity index (χ2n) is 9.86. The molecule has 2 aromatic carbocycles. The normalized spacial score (nSPS) is 15.5. The SMILES string of the molecule is CCOc1cc(C2C(C(=O)c3ccc(C)o3)=C(O)C(=O)N2c2nc3ccc(F)cc3s2)ccc1OCCC(C)C. The first-order chi connectivity index (χ1) is 19.2. The molecule has 2 aromatic heterocycles. The molecule has 0 saturated carbocycles. The van der Waals surface area contributed by atoms with Crippen LogP contribution in [0.3, 0.4) is 0 Å². The largest absolute Gasteiger partial charge is 0.503 e. The van der Waals surface area contributed by atoms with E-state index in [1.807, 2.05) is 6.92 Å². The van der Waals surface area contributed by atoms with Crippen LogP contribution in [0.5, 0.6) is 11.5 Å². The van der Waals surface area contributed by atoms with Crippen LogP contribution in [0.2, 0.25) is 0 Å². The highest BCUT2D eigenvalue weighted by Crippen LogP contribution is 2.46. The zero-order valence-corrected chi connectivity index (χ0v) is 23.4. The molecule has 5 rings (SSSR count). The van der Waals surface area contributed by atoms with Gasteiger partial charge in [-0.05, 0) is 74.2 Å². The van der Waals surface area contributed by atoms with E-state index in [0.29, 0.717) is 52.2 Å². The van der Waals surface area contributed by atoms with E-state index in [1.54, 1.807) is 31.2 Å². The number of aromatic nitrogens is 1. The third kappa shape index (κ3) is 5.19. The standard InChI is InChI=1S/C30H29FN2O6S/c1-5-37-23-14-18(7-11-21(23)38-13-12-16(2)3)26-25(27(34)22-10-6-17(4)39-22)28(35)29(36)33(26)30-32-20-9-8-19(31)15-24(20)40-30/h6-11,14-16,26,35H,5,12-13H2,1-4H3. The Bertz CT molecular complexity index is 1620. The van der Waals surface area contributed by atoms with Gasteiger partial charge in [-0.3, -0.25) is 14.5 Å². The Labute approximate surface area is 234 Å². The van der Waals surface area contributed by atoms with Crippen molar-refractivity contribution < 1.29 is 33.0 Å². The van der Waals surface area contributed by atoms with Crippen LogP contribution < -0.4 is 14.4 Å². The van der Waals surface area contributed by atoms with Crippen molar-refractivity contribution in [2.45, 2.75) is 40.2 Å². The van der Waals surface area contributed by atoms with Crippen LogP contribution in [0.1, 0.15) is 55.1 Å². The maximum Gasteiger partial charge on any atom is 0.296 e. The number of aryl methyl sites for hydroxylation is 1. The van der Waals surface area contributed by atoms with E-state index < -0.39 is 29.3 Å². The lowest BCUT2D eigenvalue weighted by atomic mass is 9.95. The summed E-state index contributed by atoms with van der Waals surface area (Å²) in [6.07, 6.45) is 0.855. The summed E-state index contributed by atoms with van der Waals surface area (Å²) >= 11 is 1.08. The first-order valence-corrected chi connectivity index (χ1v) is 13.8. The van der Waals surface area contributed by atoms with Gasteiger partial charge in [0.05, 0.1) is 35.0 Å². The van der Waals surface area contributed by atoms with Gasteiger partial charge in [-0.1, -0.05) is 31.3 Å². The van der Waals surface area contributed by atoms with E-state index in [9.17, 15) is 19.1 Å². The molecule has 1 unspecified atom stereocenters. The lowest BCUT2D eigenvalue weighted by Crippen LogP contribution is -2.31. The fraction of sp³-hybridized carbons (Fsp3) is 0.300. The van der Waals surface area contributed by atoms with Crippen LogP contribution in [0.4, 0.5) is 9.52 Å². The summed E-state index contributed by atoms with van der Waals surface area (Å²) in [6.45, 7) is 8.61. The number of fused-ring (bicyclic) bond motifs is 1. The predicted molar refractivity (Wildman–Crippen MR) is 150 cm³/mol. The Balaban J connectivity index is 1.63. The van der Waals surface area contributed by atoms with E-state index in [0.717, 1.165) is 17.8 Å². The van der Waals surface area contributed by atoms with Crippen LogP contribution in [-0.4, -0.2) is 35.0 Å². The molecule has 1 N–H and O–H groups in total. The van der Waals surface area contributed by atoms with Crippen molar-refractivity contribution in [3.63, 3.8) is 0 Å². The molecular formula is C30H29FN2O6S. The molecule has 0 radical (unpaired) electrons. The van der Waals surface area contributed by atoms with Gasteiger partial charge in [-0.25, -0.2) is 9.37 Å². The Hall–Kier alpha value is -4.18. The summed E-state index contributed by atoms with van der Waals surface area (Å²) in [6, 6.07) is 11.4. The first-order valence-electron chi connectivity index (χ1n) is 13.0. The van der Waals surface area contributed by atoms with Gasteiger partial charge in [-0.15, -0.1) is 0 Å². The number of thiazole rings is 1. The van der Waals surface area contributed by atoms with Crippen LogP contribution in [0.25, 0.3) is 10.2 Å². The second kappa shape index (κ2) is 11.1. The highest BCUT2D eigenvalue weighted by molar-refractivity contribution is 7.22. The van der Waals surface area contributed by atoms with Crippen LogP contribution in [-0.2, 0) is 4.79 Å². The number of hydrogen-bond donors (Lipinski definition) is 1. The number of ether oxygens (including phenoxy) is 2. The molecule has 3 heterocycles. The van der Waals surface area contributed by atoms with Gasteiger partial charge < -0.3 is 19.0 Å². The predicted octanol–water partition coefficient (Wildman–Crippen LogP) is 6.94. The van der Waals surface area contributed by atoms with E-state index >= 15 is 0 Å². The van der Waals surface area contributed by atoms with Crippen molar-refractivity contribution in [2.24, 2.45) is 5.92 Å².